The maximum Gasteiger partial charge on any atom is 0.409 e. The van der Waals surface area contributed by atoms with Gasteiger partial charge in [-0.05, 0) is 45.4 Å². The third kappa shape index (κ3) is 4.77. The van der Waals surface area contributed by atoms with Gasteiger partial charge in [-0.2, -0.15) is 0 Å². The van der Waals surface area contributed by atoms with Crippen LogP contribution in [0.4, 0.5) is 4.79 Å². The molecule has 0 saturated carbocycles. The normalized spacial score (nSPS) is 30.0. The zero-order valence-electron chi connectivity index (χ0n) is 17.4. The zero-order chi connectivity index (χ0) is 20.3. The lowest BCUT2D eigenvalue weighted by Gasteiger charge is -2.40. The highest BCUT2D eigenvalue weighted by Crippen LogP contribution is 2.35. The van der Waals surface area contributed by atoms with Gasteiger partial charge in [0.05, 0.1) is 19.1 Å². The average Bonchev–Trinajstić information content (AvgIpc) is 2.90. The van der Waals surface area contributed by atoms with E-state index in [1.807, 2.05) is 0 Å². The minimum absolute atomic E-state index is 0.0521. The average molecular weight is 395 g/mol. The van der Waals surface area contributed by atoms with Gasteiger partial charge in [0.1, 0.15) is 0 Å². The number of ether oxygens (including phenoxy) is 1. The molecule has 4 atom stereocenters. The summed E-state index contributed by atoms with van der Waals surface area (Å²) in [6, 6.07) is 0.902. The van der Waals surface area contributed by atoms with Crippen LogP contribution < -0.4 is 5.32 Å². The Kier molecular flexibility index (Phi) is 6.80. The van der Waals surface area contributed by atoms with Gasteiger partial charge in [-0.25, -0.2) is 4.79 Å². The largest absolute Gasteiger partial charge is 0.450 e. The molecular formula is C20H34N4O4. The van der Waals surface area contributed by atoms with Crippen molar-refractivity contribution in [3.05, 3.63) is 0 Å². The molecule has 0 aromatic carbocycles. The maximum atomic E-state index is 12.8. The van der Waals surface area contributed by atoms with E-state index in [4.69, 9.17) is 4.74 Å². The summed E-state index contributed by atoms with van der Waals surface area (Å²) < 4.78 is 5.07. The molecule has 3 aliphatic heterocycles. The van der Waals surface area contributed by atoms with Crippen molar-refractivity contribution in [2.75, 3.05) is 40.3 Å². The lowest BCUT2D eigenvalue weighted by atomic mass is 9.94. The van der Waals surface area contributed by atoms with Crippen molar-refractivity contribution in [3.8, 4) is 0 Å². The van der Waals surface area contributed by atoms with E-state index >= 15 is 0 Å². The number of piperidine rings is 2. The molecular weight excluding hydrogens is 360 g/mol. The lowest BCUT2D eigenvalue weighted by molar-refractivity contribution is -0.132. The SMILES string of the molecule is CCOC(=O)N1CCC[C@@H](C(=O)NC2C[C@H]3CC[C@@H](C2)N3CC(=O)N(C)C)C1. The first-order valence-electron chi connectivity index (χ1n) is 10.6. The molecule has 3 heterocycles. The van der Waals surface area contributed by atoms with E-state index < -0.39 is 0 Å². The highest BCUT2D eigenvalue weighted by Gasteiger charge is 2.42. The number of amides is 3. The molecule has 28 heavy (non-hydrogen) atoms. The molecule has 0 radical (unpaired) electrons. The predicted octanol–water partition coefficient (Wildman–Crippen LogP) is 1.05. The first-order chi connectivity index (χ1) is 13.4. The van der Waals surface area contributed by atoms with Gasteiger partial charge in [0.2, 0.25) is 11.8 Å². The molecule has 158 valence electrons. The second-order valence-corrected chi connectivity index (χ2v) is 8.51. The maximum absolute atomic E-state index is 12.8. The summed E-state index contributed by atoms with van der Waals surface area (Å²) >= 11 is 0. The van der Waals surface area contributed by atoms with Gasteiger partial charge >= 0.3 is 6.09 Å². The van der Waals surface area contributed by atoms with Crippen LogP contribution in [0.3, 0.4) is 0 Å². The fraction of sp³-hybridized carbons (Fsp3) is 0.850. The van der Waals surface area contributed by atoms with E-state index in [-0.39, 0.29) is 29.9 Å². The molecule has 0 aliphatic carbocycles. The van der Waals surface area contributed by atoms with E-state index in [2.05, 4.69) is 10.2 Å². The summed E-state index contributed by atoms with van der Waals surface area (Å²) in [6.07, 6.45) is 5.30. The van der Waals surface area contributed by atoms with Gasteiger partial charge in [0.25, 0.3) is 0 Å². The molecule has 1 N–H and O–H groups in total. The fourth-order valence-corrected chi connectivity index (χ4v) is 4.84. The first-order valence-corrected chi connectivity index (χ1v) is 10.6. The standard InChI is InChI=1S/C20H34N4O4/c1-4-28-20(27)23-9-5-6-14(12-23)19(26)21-15-10-16-7-8-17(11-15)24(16)13-18(25)22(2)3/h14-17H,4-13H2,1-3H3,(H,21,26)/t14-,15?,16-,17+/m1/s1. The second-order valence-electron chi connectivity index (χ2n) is 8.51. The number of nitrogens with zero attached hydrogens (tertiary/aromatic N) is 3. The van der Waals surface area contributed by atoms with E-state index in [9.17, 15) is 14.4 Å². The molecule has 3 aliphatic rings. The van der Waals surface area contributed by atoms with Gasteiger partial charge in [-0.3, -0.25) is 14.5 Å². The van der Waals surface area contributed by atoms with Gasteiger partial charge in [-0.15, -0.1) is 0 Å². The Hall–Kier alpha value is -1.83. The summed E-state index contributed by atoms with van der Waals surface area (Å²) in [7, 11) is 3.59. The third-order valence-electron chi connectivity index (χ3n) is 6.37. The molecule has 3 amide bonds. The molecule has 0 aromatic rings. The molecule has 2 bridgehead atoms. The van der Waals surface area contributed by atoms with Crippen molar-refractivity contribution in [1.82, 2.24) is 20.0 Å². The molecule has 1 unspecified atom stereocenters. The second kappa shape index (κ2) is 9.11. The quantitative estimate of drug-likeness (QED) is 0.754. The van der Waals surface area contributed by atoms with Crippen molar-refractivity contribution in [1.29, 1.82) is 0 Å². The summed E-state index contributed by atoms with van der Waals surface area (Å²) in [5.74, 6) is 0.0287. The van der Waals surface area contributed by atoms with Gasteiger partial charge in [0.15, 0.2) is 0 Å². The summed E-state index contributed by atoms with van der Waals surface area (Å²) in [6.45, 7) is 3.71. The highest BCUT2D eigenvalue weighted by molar-refractivity contribution is 5.80. The van der Waals surface area contributed by atoms with Crippen LogP contribution >= 0.6 is 0 Å². The van der Waals surface area contributed by atoms with Crippen LogP contribution in [-0.4, -0.2) is 91.1 Å². The van der Waals surface area contributed by atoms with Crippen molar-refractivity contribution >= 4 is 17.9 Å². The lowest BCUT2D eigenvalue weighted by Crippen LogP contribution is -2.54. The highest BCUT2D eigenvalue weighted by atomic mass is 16.6. The summed E-state index contributed by atoms with van der Waals surface area (Å²) in [5.41, 5.74) is 0. The number of fused-ring (bicyclic) bond motifs is 2. The fourth-order valence-electron chi connectivity index (χ4n) is 4.84. The smallest absolute Gasteiger partial charge is 0.409 e. The molecule has 8 heteroatoms. The van der Waals surface area contributed by atoms with Crippen LogP contribution in [0.1, 0.15) is 45.4 Å². The number of hydrogen-bond acceptors (Lipinski definition) is 5. The Bertz CT molecular complexity index is 583. The van der Waals surface area contributed by atoms with E-state index in [0.717, 1.165) is 38.5 Å². The topological polar surface area (TPSA) is 82.2 Å². The Balaban J connectivity index is 1.51. The molecule has 8 nitrogen and oxygen atoms in total. The van der Waals surface area contributed by atoms with Gasteiger partial charge < -0.3 is 19.9 Å². The van der Waals surface area contributed by atoms with Crippen LogP contribution in [0.2, 0.25) is 0 Å². The molecule has 3 saturated heterocycles. The number of nitrogens with one attached hydrogen (secondary N) is 1. The van der Waals surface area contributed by atoms with Crippen LogP contribution in [0, 0.1) is 5.92 Å². The number of carbonyl (C=O) groups is 3. The zero-order valence-corrected chi connectivity index (χ0v) is 17.4. The van der Waals surface area contributed by atoms with Crippen molar-refractivity contribution in [2.24, 2.45) is 5.92 Å². The van der Waals surface area contributed by atoms with E-state index in [1.54, 1.807) is 30.8 Å². The Morgan fingerprint density at radius 1 is 1.11 bits per heavy atom. The molecule has 3 fully saturated rings. The van der Waals surface area contributed by atoms with Gasteiger partial charge in [0, 0.05) is 45.3 Å². The summed E-state index contributed by atoms with van der Waals surface area (Å²) in [5, 5.41) is 3.24. The first kappa shape index (κ1) is 20.9. The number of hydrogen-bond donors (Lipinski definition) is 1. The van der Waals surface area contributed by atoms with Crippen molar-refractivity contribution < 1.29 is 19.1 Å². The molecule has 0 spiro atoms. The third-order valence-corrected chi connectivity index (χ3v) is 6.37. The van der Waals surface area contributed by atoms with Crippen LogP contribution in [0.15, 0.2) is 0 Å². The number of carbonyl (C=O) groups excluding carboxylic acids is 3. The van der Waals surface area contributed by atoms with Gasteiger partial charge in [-0.1, -0.05) is 0 Å². The monoisotopic (exact) mass is 394 g/mol. The van der Waals surface area contributed by atoms with Crippen molar-refractivity contribution in [3.63, 3.8) is 0 Å². The number of rotatable bonds is 5. The predicted molar refractivity (Wildman–Crippen MR) is 105 cm³/mol. The van der Waals surface area contributed by atoms with Crippen LogP contribution in [0.25, 0.3) is 0 Å². The summed E-state index contributed by atoms with van der Waals surface area (Å²) in [4.78, 5) is 42.5. The van der Waals surface area contributed by atoms with Crippen LogP contribution in [-0.2, 0) is 14.3 Å². The van der Waals surface area contributed by atoms with E-state index in [1.165, 1.54) is 0 Å². The molecule has 3 rings (SSSR count). The van der Waals surface area contributed by atoms with Crippen molar-refractivity contribution in [2.45, 2.75) is 63.6 Å². The minimum atomic E-state index is -0.322. The van der Waals surface area contributed by atoms with E-state index in [0.29, 0.717) is 38.3 Å². The number of likely N-dealkylation sites (tertiary alicyclic amines) is 1. The van der Waals surface area contributed by atoms with Crippen LogP contribution in [0.5, 0.6) is 0 Å². The Morgan fingerprint density at radius 3 is 2.39 bits per heavy atom. The Labute approximate surface area is 167 Å². The minimum Gasteiger partial charge on any atom is -0.450 e. The number of likely N-dealkylation sites (N-methyl/N-ethyl adjacent to an activating group) is 1. The molecule has 0 aromatic heterocycles. The Morgan fingerprint density at radius 2 is 1.79 bits per heavy atom.